The van der Waals surface area contributed by atoms with Gasteiger partial charge in [-0.25, -0.2) is 0 Å². The second-order valence-corrected chi connectivity index (χ2v) is 5.42. The minimum atomic E-state index is 0.560. The van der Waals surface area contributed by atoms with Crippen molar-refractivity contribution in [3.63, 3.8) is 0 Å². The van der Waals surface area contributed by atoms with E-state index in [1.165, 1.54) is 11.1 Å². The summed E-state index contributed by atoms with van der Waals surface area (Å²) in [7, 11) is 0. The molecule has 0 amide bonds. The third-order valence-corrected chi connectivity index (χ3v) is 4.48. The molecule has 2 heteroatoms. The third-order valence-electron chi connectivity index (χ3n) is 2.50. The summed E-state index contributed by atoms with van der Waals surface area (Å²) < 4.78 is 0. The molecule has 0 fully saturated rings. The fourth-order valence-corrected chi connectivity index (χ4v) is 3.31. The summed E-state index contributed by atoms with van der Waals surface area (Å²) in [6.45, 7) is 4.33. The minimum absolute atomic E-state index is 0.560. The molecule has 0 aliphatic carbocycles. The van der Waals surface area contributed by atoms with E-state index in [9.17, 15) is 0 Å². The lowest BCUT2D eigenvalue weighted by Gasteiger charge is -2.19. The van der Waals surface area contributed by atoms with Crippen LogP contribution in [0.15, 0.2) is 24.3 Å². The number of halogens is 2. The molecule has 0 aromatic heterocycles. The number of aryl methyl sites for hydroxylation is 1. The highest BCUT2D eigenvalue weighted by Crippen LogP contribution is 2.29. The van der Waals surface area contributed by atoms with Crippen molar-refractivity contribution in [1.82, 2.24) is 0 Å². The molecule has 2 unspecified atom stereocenters. The van der Waals surface area contributed by atoms with Gasteiger partial charge in [-0.2, -0.15) is 0 Å². The maximum atomic E-state index is 3.73. The number of hydrogen-bond acceptors (Lipinski definition) is 0. The molecule has 0 aliphatic rings. The topological polar surface area (TPSA) is 0 Å². The van der Waals surface area contributed by atoms with Crippen LogP contribution in [0, 0.1) is 6.92 Å². The van der Waals surface area contributed by atoms with Crippen LogP contribution in [-0.2, 0) is 0 Å². The Morgan fingerprint density at radius 2 is 1.79 bits per heavy atom. The molecule has 1 aromatic carbocycles. The molecular weight excluding hydrogens is 304 g/mol. The first-order valence-corrected chi connectivity index (χ1v) is 6.99. The van der Waals surface area contributed by atoms with Crippen LogP contribution >= 0.6 is 31.9 Å². The lowest BCUT2D eigenvalue weighted by molar-refractivity contribution is 0.706. The second kappa shape index (κ2) is 5.92. The zero-order valence-electron chi connectivity index (χ0n) is 8.63. The van der Waals surface area contributed by atoms with Crippen LogP contribution < -0.4 is 0 Å². The lowest BCUT2D eigenvalue weighted by atomic mass is 9.96. The molecule has 0 heterocycles. The molecular formula is C12H16Br2. The SMILES string of the molecule is CCC(Br)C(CBr)c1ccc(C)cc1. The van der Waals surface area contributed by atoms with Crippen molar-refractivity contribution in [3.05, 3.63) is 35.4 Å². The molecule has 78 valence electrons. The van der Waals surface area contributed by atoms with Gasteiger partial charge in [0.25, 0.3) is 0 Å². The fourth-order valence-electron chi connectivity index (χ4n) is 1.49. The van der Waals surface area contributed by atoms with Crippen molar-refractivity contribution >= 4 is 31.9 Å². The molecule has 0 spiro atoms. The van der Waals surface area contributed by atoms with Gasteiger partial charge in [0.05, 0.1) is 0 Å². The Balaban J connectivity index is 2.84. The minimum Gasteiger partial charge on any atom is -0.0921 e. The van der Waals surface area contributed by atoms with Gasteiger partial charge in [0.1, 0.15) is 0 Å². The smallest absolute Gasteiger partial charge is 0.0219 e. The first-order chi connectivity index (χ1) is 6.69. The van der Waals surface area contributed by atoms with Gasteiger partial charge < -0.3 is 0 Å². The van der Waals surface area contributed by atoms with Crippen LogP contribution in [0.2, 0.25) is 0 Å². The van der Waals surface area contributed by atoms with Gasteiger partial charge in [0.2, 0.25) is 0 Å². The summed E-state index contributed by atoms with van der Waals surface area (Å²) in [5, 5.41) is 1.01. The third kappa shape index (κ3) is 3.09. The summed E-state index contributed by atoms with van der Waals surface area (Å²) in [6, 6.07) is 8.82. The van der Waals surface area contributed by atoms with Crippen LogP contribution in [-0.4, -0.2) is 10.2 Å². The van der Waals surface area contributed by atoms with E-state index in [0.29, 0.717) is 10.7 Å². The number of alkyl halides is 2. The van der Waals surface area contributed by atoms with Gasteiger partial charge in [-0.15, -0.1) is 0 Å². The van der Waals surface area contributed by atoms with Gasteiger partial charge in [-0.05, 0) is 18.9 Å². The van der Waals surface area contributed by atoms with E-state index >= 15 is 0 Å². The normalized spacial score (nSPS) is 15.1. The molecule has 1 rings (SSSR count). The zero-order valence-corrected chi connectivity index (χ0v) is 11.8. The van der Waals surface area contributed by atoms with E-state index in [-0.39, 0.29) is 0 Å². The Bertz CT molecular complexity index is 266. The van der Waals surface area contributed by atoms with Crippen LogP contribution in [0.1, 0.15) is 30.4 Å². The van der Waals surface area contributed by atoms with Crippen LogP contribution in [0.5, 0.6) is 0 Å². The van der Waals surface area contributed by atoms with E-state index in [1.807, 2.05) is 0 Å². The molecule has 2 atom stereocenters. The quantitative estimate of drug-likeness (QED) is 0.709. The Labute approximate surface area is 103 Å². The standard InChI is InChI=1S/C12H16Br2/c1-3-12(14)11(8-13)10-6-4-9(2)5-7-10/h4-7,11-12H,3,8H2,1-2H3. The van der Waals surface area contributed by atoms with Crippen LogP contribution in [0.3, 0.4) is 0 Å². The fraction of sp³-hybridized carbons (Fsp3) is 0.500. The van der Waals surface area contributed by atoms with Crippen LogP contribution in [0.25, 0.3) is 0 Å². The van der Waals surface area contributed by atoms with E-state index < -0.39 is 0 Å². The summed E-state index contributed by atoms with van der Waals surface area (Å²) >= 11 is 7.31. The molecule has 0 nitrogen and oxygen atoms in total. The summed E-state index contributed by atoms with van der Waals surface area (Å²) in [5.74, 6) is 0.570. The van der Waals surface area contributed by atoms with Crippen molar-refractivity contribution < 1.29 is 0 Å². The van der Waals surface area contributed by atoms with Crippen LogP contribution in [0.4, 0.5) is 0 Å². The predicted molar refractivity (Wildman–Crippen MR) is 70.7 cm³/mol. The molecule has 0 radical (unpaired) electrons. The largest absolute Gasteiger partial charge is 0.0921 e. The van der Waals surface area contributed by atoms with E-state index in [0.717, 1.165) is 11.8 Å². The van der Waals surface area contributed by atoms with Crippen molar-refractivity contribution in [2.75, 3.05) is 5.33 Å². The average Bonchev–Trinajstić information content (AvgIpc) is 2.21. The molecule has 0 saturated heterocycles. The maximum Gasteiger partial charge on any atom is 0.0219 e. The first kappa shape index (κ1) is 12.3. The summed E-state index contributed by atoms with van der Waals surface area (Å²) in [5.41, 5.74) is 2.74. The molecule has 1 aromatic rings. The molecule has 14 heavy (non-hydrogen) atoms. The number of rotatable bonds is 4. The summed E-state index contributed by atoms with van der Waals surface area (Å²) in [4.78, 5) is 0.560. The van der Waals surface area contributed by atoms with Crippen molar-refractivity contribution in [2.45, 2.75) is 31.0 Å². The average molecular weight is 320 g/mol. The van der Waals surface area contributed by atoms with Gasteiger partial charge in [-0.1, -0.05) is 68.6 Å². The summed E-state index contributed by atoms with van der Waals surface area (Å²) in [6.07, 6.45) is 1.16. The van der Waals surface area contributed by atoms with E-state index in [4.69, 9.17) is 0 Å². The molecule has 0 aliphatic heterocycles. The molecule has 0 bridgehead atoms. The van der Waals surface area contributed by atoms with Crippen molar-refractivity contribution in [3.8, 4) is 0 Å². The maximum absolute atomic E-state index is 3.73. The highest BCUT2D eigenvalue weighted by Gasteiger charge is 2.17. The van der Waals surface area contributed by atoms with Gasteiger partial charge in [0.15, 0.2) is 0 Å². The predicted octanol–water partition coefficient (Wildman–Crippen LogP) is 4.65. The Morgan fingerprint density at radius 3 is 2.21 bits per heavy atom. The van der Waals surface area contributed by atoms with Gasteiger partial charge in [0, 0.05) is 16.1 Å². The monoisotopic (exact) mass is 318 g/mol. The lowest BCUT2D eigenvalue weighted by Crippen LogP contribution is -2.12. The second-order valence-electron chi connectivity index (χ2n) is 3.60. The zero-order chi connectivity index (χ0) is 10.6. The number of benzene rings is 1. The van der Waals surface area contributed by atoms with E-state index in [1.54, 1.807) is 0 Å². The number of hydrogen-bond donors (Lipinski definition) is 0. The Hall–Kier alpha value is 0.180. The van der Waals surface area contributed by atoms with Crippen molar-refractivity contribution in [2.24, 2.45) is 0 Å². The highest BCUT2D eigenvalue weighted by molar-refractivity contribution is 9.10. The Kier molecular flexibility index (Phi) is 5.18. The van der Waals surface area contributed by atoms with Crippen molar-refractivity contribution in [1.29, 1.82) is 0 Å². The Morgan fingerprint density at radius 1 is 1.21 bits per heavy atom. The highest BCUT2D eigenvalue weighted by atomic mass is 79.9. The van der Waals surface area contributed by atoms with Gasteiger partial charge in [-0.3, -0.25) is 0 Å². The molecule has 0 N–H and O–H groups in total. The van der Waals surface area contributed by atoms with Gasteiger partial charge >= 0.3 is 0 Å². The first-order valence-electron chi connectivity index (χ1n) is 4.95. The molecule has 0 saturated carbocycles. The van der Waals surface area contributed by atoms with E-state index in [2.05, 4.69) is 70.0 Å².